The molecule has 9 heteroatoms. The Hall–Kier alpha value is -3.43. The summed E-state index contributed by atoms with van der Waals surface area (Å²) < 4.78 is 0. The first-order valence-corrected chi connectivity index (χ1v) is 12.1. The Morgan fingerprint density at radius 3 is 2.94 bits per heavy atom. The lowest BCUT2D eigenvalue weighted by Crippen LogP contribution is -2.55. The molecule has 5 heterocycles. The maximum atomic E-state index is 12.9. The van der Waals surface area contributed by atoms with Crippen LogP contribution in [0, 0.1) is 0 Å². The standard InChI is InChI=1S/C25H26N6O2S/c1-30(23(32)12-19-15-34-24(29-19)18-4-2-8-26-13-18)16-25(33)7-3-11-31(17-25)22-6-10-28-21-5-9-27-14-20(21)22/h2,4-6,8-10,13-15,33H,3,7,11-12,16-17H2,1H3/t25-/m1/s1. The molecule has 1 atom stereocenters. The fraction of sp³-hybridized carbons (Fsp3) is 0.320. The van der Waals surface area contributed by atoms with Crippen LogP contribution in [-0.2, 0) is 11.2 Å². The molecule has 1 amide bonds. The Labute approximate surface area is 202 Å². The number of anilines is 1. The third-order valence-electron chi connectivity index (χ3n) is 6.17. The Bertz CT molecular complexity index is 1290. The number of β-amino-alcohol motifs (C(OH)–C–C–N with tert-alkyl or cyclic N) is 1. The van der Waals surface area contributed by atoms with E-state index in [4.69, 9.17) is 0 Å². The molecule has 0 bridgehead atoms. The van der Waals surface area contributed by atoms with Crippen molar-refractivity contribution in [3.8, 4) is 10.6 Å². The van der Waals surface area contributed by atoms with Crippen molar-refractivity contribution >= 4 is 33.8 Å². The Morgan fingerprint density at radius 1 is 1.21 bits per heavy atom. The molecule has 4 aromatic heterocycles. The second kappa shape index (κ2) is 9.44. The van der Waals surface area contributed by atoms with E-state index in [1.54, 1.807) is 36.7 Å². The molecule has 4 aromatic rings. The normalized spacial score (nSPS) is 18.2. The van der Waals surface area contributed by atoms with Gasteiger partial charge in [0.15, 0.2) is 0 Å². The van der Waals surface area contributed by atoms with Gasteiger partial charge in [0.1, 0.15) is 5.01 Å². The second-order valence-corrected chi connectivity index (χ2v) is 9.64. The van der Waals surface area contributed by atoms with E-state index in [9.17, 15) is 9.90 Å². The van der Waals surface area contributed by atoms with E-state index in [0.29, 0.717) is 13.0 Å². The summed E-state index contributed by atoms with van der Waals surface area (Å²) in [6.45, 7) is 1.55. The number of likely N-dealkylation sites (N-methyl/N-ethyl adjacent to an activating group) is 1. The molecule has 8 nitrogen and oxygen atoms in total. The van der Waals surface area contributed by atoms with Gasteiger partial charge in [-0.25, -0.2) is 4.98 Å². The quantitative estimate of drug-likeness (QED) is 0.459. The van der Waals surface area contributed by atoms with Crippen molar-refractivity contribution in [1.82, 2.24) is 24.8 Å². The van der Waals surface area contributed by atoms with E-state index in [-0.39, 0.29) is 18.9 Å². The second-order valence-electron chi connectivity index (χ2n) is 8.78. The highest BCUT2D eigenvalue weighted by Crippen LogP contribution is 2.31. The first-order valence-electron chi connectivity index (χ1n) is 11.3. The summed E-state index contributed by atoms with van der Waals surface area (Å²) in [7, 11) is 1.75. The number of piperidine rings is 1. The Balaban J connectivity index is 1.25. The predicted octanol–water partition coefficient (Wildman–Crippen LogP) is 3.18. The van der Waals surface area contributed by atoms with Gasteiger partial charge in [-0.15, -0.1) is 11.3 Å². The largest absolute Gasteiger partial charge is 0.386 e. The van der Waals surface area contributed by atoms with Crippen LogP contribution < -0.4 is 4.90 Å². The van der Waals surface area contributed by atoms with Crippen LogP contribution >= 0.6 is 11.3 Å². The summed E-state index contributed by atoms with van der Waals surface area (Å²) in [4.78, 5) is 34.1. The summed E-state index contributed by atoms with van der Waals surface area (Å²) in [5.74, 6) is -0.0628. The molecule has 1 saturated heterocycles. The number of carbonyl (C=O) groups is 1. The zero-order valence-electron chi connectivity index (χ0n) is 19.0. The number of aliphatic hydroxyl groups is 1. The van der Waals surface area contributed by atoms with Gasteiger partial charge in [0.05, 0.1) is 29.8 Å². The fourth-order valence-electron chi connectivity index (χ4n) is 4.53. The molecule has 174 valence electrons. The number of rotatable bonds is 6. The predicted molar refractivity (Wildman–Crippen MR) is 133 cm³/mol. The maximum absolute atomic E-state index is 12.9. The Kier molecular flexibility index (Phi) is 6.21. The molecule has 1 aliphatic heterocycles. The van der Waals surface area contributed by atoms with Crippen molar-refractivity contribution < 1.29 is 9.90 Å². The van der Waals surface area contributed by atoms with Gasteiger partial charge >= 0.3 is 0 Å². The van der Waals surface area contributed by atoms with Gasteiger partial charge in [-0.05, 0) is 37.1 Å². The third kappa shape index (κ3) is 4.76. The van der Waals surface area contributed by atoms with Gasteiger partial charge in [-0.1, -0.05) is 0 Å². The monoisotopic (exact) mass is 474 g/mol. The summed E-state index contributed by atoms with van der Waals surface area (Å²) in [6.07, 6.45) is 10.5. The molecular formula is C25H26N6O2S. The van der Waals surface area contributed by atoms with Crippen molar-refractivity contribution in [3.63, 3.8) is 0 Å². The van der Waals surface area contributed by atoms with E-state index in [1.165, 1.54) is 11.3 Å². The van der Waals surface area contributed by atoms with Crippen LogP contribution in [0.4, 0.5) is 5.69 Å². The molecule has 0 radical (unpaired) electrons. The number of aromatic nitrogens is 4. The number of fused-ring (bicyclic) bond motifs is 1. The third-order valence-corrected chi connectivity index (χ3v) is 7.11. The zero-order chi connectivity index (χ0) is 23.5. The number of nitrogens with zero attached hydrogens (tertiary/aromatic N) is 6. The van der Waals surface area contributed by atoms with E-state index >= 15 is 0 Å². The molecule has 0 saturated carbocycles. The van der Waals surface area contributed by atoms with Gasteiger partial charge in [-0.2, -0.15) is 0 Å². The first-order chi connectivity index (χ1) is 16.5. The minimum absolute atomic E-state index is 0.0628. The van der Waals surface area contributed by atoms with Crippen molar-refractivity contribution in [1.29, 1.82) is 0 Å². The summed E-state index contributed by atoms with van der Waals surface area (Å²) in [6, 6.07) is 7.68. The van der Waals surface area contributed by atoms with Gasteiger partial charge in [-0.3, -0.25) is 19.7 Å². The van der Waals surface area contributed by atoms with Crippen LogP contribution in [0.5, 0.6) is 0 Å². The van der Waals surface area contributed by atoms with Crippen LogP contribution in [0.2, 0.25) is 0 Å². The van der Waals surface area contributed by atoms with Crippen LogP contribution in [0.25, 0.3) is 21.5 Å². The highest BCUT2D eigenvalue weighted by atomic mass is 32.1. The van der Waals surface area contributed by atoms with E-state index in [2.05, 4.69) is 24.8 Å². The van der Waals surface area contributed by atoms with Crippen molar-refractivity contribution in [2.75, 3.05) is 31.6 Å². The molecule has 5 rings (SSSR count). The number of hydrogen-bond acceptors (Lipinski definition) is 8. The first kappa shape index (κ1) is 22.4. The Morgan fingerprint density at radius 2 is 2.09 bits per heavy atom. The number of amides is 1. The van der Waals surface area contributed by atoms with Crippen molar-refractivity contribution in [2.45, 2.75) is 24.9 Å². The van der Waals surface area contributed by atoms with Gasteiger partial charge < -0.3 is 14.9 Å². The average molecular weight is 475 g/mol. The average Bonchev–Trinajstić information content (AvgIpc) is 3.32. The van der Waals surface area contributed by atoms with Crippen LogP contribution in [0.3, 0.4) is 0 Å². The number of hydrogen-bond donors (Lipinski definition) is 1. The summed E-state index contributed by atoms with van der Waals surface area (Å²) >= 11 is 1.50. The number of thiazole rings is 1. The summed E-state index contributed by atoms with van der Waals surface area (Å²) in [5, 5.41) is 15.1. The lowest BCUT2D eigenvalue weighted by molar-refractivity contribution is -0.132. The SMILES string of the molecule is CN(C[C@]1(O)CCCN(c2ccnc3ccncc23)C1)C(=O)Cc1csc(-c2cccnc2)n1. The van der Waals surface area contributed by atoms with E-state index in [0.717, 1.165) is 45.8 Å². The van der Waals surface area contributed by atoms with Gasteiger partial charge in [0.25, 0.3) is 0 Å². The van der Waals surface area contributed by atoms with Crippen LogP contribution in [-0.4, -0.2) is 68.1 Å². The molecule has 34 heavy (non-hydrogen) atoms. The molecular weight excluding hydrogens is 448 g/mol. The zero-order valence-corrected chi connectivity index (χ0v) is 19.8. The molecule has 0 unspecified atom stereocenters. The summed E-state index contributed by atoms with van der Waals surface area (Å²) in [5.41, 5.74) is 2.56. The number of carbonyl (C=O) groups excluding carboxylic acids is 1. The van der Waals surface area contributed by atoms with E-state index in [1.807, 2.05) is 35.8 Å². The minimum atomic E-state index is -0.997. The molecule has 0 spiro atoms. The van der Waals surface area contributed by atoms with E-state index < -0.39 is 5.60 Å². The van der Waals surface area contributed by atoms with Crippen molar-refractivity contribution in [3.05, 3.63) is 66.3 Å². The van der Waals surface area contributed by atoms with Crippen molar-refractivity contribution in [2.24, 2.45) is 0 Å². The maximum Gasteiger partial charge on any atom is 0.228 e. The van der Waals surface area contributed by atoms with Gasteiger partial charge in [0, 0.05) is 73.1 Å². The smallest absolute Gasteiger partial charge is 0.228 e. The minimum Gasteiger partial charge on any atom is -0.386 e. The highest BCUT2D eigenvalue weighted by Gasteiger charge is 2.36. The molecule has 1 N–H and O–H groups in total. The topological polar surface area (TPSA) is 95.3 Å². The van der Waals surface area contributed by atoms with Crippen LogP contribution in [0.1, 0.15) is 18.5 Å². The molecule has 0 aliphatic carbocycles. The fourth-order valence-corrected chi connectivity index (χ4v) is 5.34. The lowest BCUT2D eigenvalue weighted by atomic mass is 9.91. The molecule has 0 aromatic carbocycles. The molecule has 1 aliphatic rings. The highest BCUT2D eigenvalue weighted by molar-refractivity contribution is 7.13. The van der Waals surface area contributed by atoms with Crippen LogP contribution in [0.15, 0.2) is 60.6 Å². The number of pyridine rings is 3. The lowest BCUT2D eigenvalue weighted by Gasteiger charge is -2.42. The molecule has 1 fully saturated rings. The van der Waals surface area contributed by atoms with Gasteiger partial charge in [0.2, 0.25) is 5.91 Å².